The maximum Gasteiger partial charge on any atom is 0.270 e. The summed E-state index contributed by atoms with van der Waals surface area (Å²) >= 11 is 6.72. The van der Waals surface area contributed by atoms with Crippen molar-refractivity contribution in [3.8, 4) is 6.07 Å². The minimum Gasteiger partial charge on any atom is -0.395 e. The molecule has 0 saturated carbocycles. The van der Waals surface area contributed by atoms with E-state index >= 15 is 0 Å². The monoisotopic (exact) mass is 475 g/mol. The van der Waals surface area contributed by atoms with E-state index in [4.69, 9.17) is 12.2 Å². The van der Waals surface area contributed by atoms with E-state index in [-0.39, 0.29) is 29.7 Å². The van der Waals surface area contributed by atoms with Crippen LogP contribution >= 0.6 is 24.0 Å². The summed E-state index contributed by atoms with van der Waals surface area (Å²) in [5.74, 6) is 0.559. The lowest BCUT2D eigenvalue weighted by atomic mass is 10.0. The topological polar surface area (TPSA) is 92.8 Å². The zero-order valence-corrected chi connectivity index (χ0v) is 20.6. The molecule has 1 unspecified atom stereocenters. The van der Waals surface area contributed by atoms with Gasteiger partial charge in [-0.1, -0.05) is 30.9 Å². The van der Waals surface area contributed by atoms with Crippen LogP contribution in [-0.2, 0) is 11.8 Å². The maximum atomic E-state index is 13.1. The van der Waals surface area contributed by atoms with Crippen LogP contribution in [0.3, 0.4) is 0 Å². The highest BCUT2D eigenvalue weighted by atomic mass is 32.2. The first-order valence-electron chi connectivity index (χ1n) is 10.7. The number of β-amino-alcohol motifs (C(OH)–C–C–N with tert-alkyl or cyclic N) is 1. The fraction of sp³-hybridized carbons (Fsp3) is 0.545. The van der Waals surface area contributed by atoms with Crippen molar-refractivity contribution in [2.24, 2.45) is 7.05 Å². The number of piperazine rings is 1. The van der Waals surface area contributed by atoms with Gasteiger partial charge in [0.2, 0.25) is 0 Å². The number of aliphatic hydroxyl groups is 1. The van der Waals surface area contributed by atoms with Crippen LogP contribution in [0.2, 0.25) is 0 Å². The van der Waals surface area contributed by atoms with E-state index in [2.05, 4.69) is 9.80 Å². The number of carbonyl (C=O) groups excluding carboxylic acids is 1. The van der Waals surface area contributed by atoms with E-state index in [0.717, 1.165) is 19.5 Å². The molecule has 2 fully saturated rings. The van der Waals surface area contributed by atoms with Gasteiger partial charge in [-0.05, 0) is 31.9 Å². The Hall–Kier alpha value is -2.19. The highest BCUT2D eigenvalue weighted by Gasteiger charge is 2.35. The number of hydrogen-bond donors (Lipinski definition) is 1. The van der Waals surface area contributed by atoms with Gasteiger partial charge in [-0.3, -0.25) is 24.0 Å². The molecule has 1 aromatic rings. The number of anilines is 1. The molecule has 0 aromatic carbocycles. The van der Waals surface area contributed by atoms with Gasteiger partial charge in [-0.15, -0.1) is 0 Å². The highest BCUT2D eigenvalue weighted by molar-refractivity contribution is 8.26. The van der Waals surface area contributed by atoms with Gasteiger partial charge >= 0.3 is 0 Å². The predicted octanol–water partition coefficient (Wildman–Crippen LogP) is 1.68. The third kappa shape index (κ3) is 4.48. The maximum absolute atomic E-state index is 13.1. The Morgan fingerprint density at radius 3 is 2.50 bits per heavy atom. The highest BCUT2D eigenvalue weighted by Crippen LogP contribution is 2.37. The second-order valence-corrected chi connectivity index (χ2v) is 9.75. The van der Waals surface area contributed by atoms with E-state index in [1.54, 1.807) is 24.9 Å². The summed E-state index contributed by atoms with van der Waals surface area (Å²) in [6.07, 6.45) is 2.58. The molecule has 0 spiro atoms. The zero-order chi connectivity index (χ0) is 23.6. The van der Waals surface area contributed by atoms with E-state index in [0.29, 0.717) is 45.8 Å². The number of thiocarbonyl (C=S) groups is 1. The number of thioether (sulfide) groups is 1. The Morgan fingerprint density at radius 2 is 1.94 bits per heavy atom. The molecule has 0 bridgehead atoms. The molecule has 32 heavy (non-hydrogen) atoms. The first kappa shape index (κ1) is 24.5. The average molecular weight is 476 g/mol. The molecule has 10 heteroatoms. The van der Waals surface area contributed by atoms with E-state index in [9.17, 15) is 20.0 Å². The summed E-state index contributed by atoms with van der Waals surface area (Å²) in [5.41, 5.74) is 1.00. The van der Waals surface area contributed by atoms with Crippen molar-refractivity contribution >= 4 is 46.1 Å². The Labute approximate surface area is 198 Å². The number of nitrogens with zero attached hydrogens (tertiary/aromatic N) is 5. The first-order valence-corrected chi connectivity index (χ1v) is 12.0. The van der Waals surface area contributed by atoms with Crippen LogP contribution in [0.15, 0.2) is 9.70 Å². The quantitative estimate of drug-likeness (QED) is 0.491. The van der Waals surface area contributed by atoms with Crippen LogP contribution in [0.25, 0.3) is 6.08 Å². The van der Waals surface area contributed by atoms with E-state index < -0.39 is 0 Å². The lowest BCUT2D eigenvalue weighted by Gasteiger charge is -2.37. The minimum absolute atomic E-state index is 0.00312. The summed E-state index contributed by atoms with van der Waals surface area (Å²) in [6, 6.07) is 2.04. The van der Waals surface area contributed by atoms with Gasteiger partial charge in [0.15, 0.2) is 0 Å². The molecule has 1 aromatic heterocycles. The number of aliphatic hydroxyl groups excluding tert-OH is 1. The van der Waals surface area contributed by atoms with Gasteiger partial charge in [-0.25, -0.2) is 0 Å². The Balaban J connectivity index is 2.10. The Kier molecular flexibility index (Phi) is 7.77. The van der Waals surface area contributed by atoms with Crippen molar-refractivity contribution in [1.82, 2.24) is 14.4 Å². The molecule has 3 heterocycles. The fourth-order valence-corrected chi connectivity index (χ4v) is 5.54. The molecule has 2 aliphatic heterocycles. The molecular formula is C22H29N5O3S2. The van der Waals surface area contributed by atoms with Crippen molar-refractivity contribution in [3.63, 3.8) is 0 Å². The lowest BCUT2D eigenvalue weighted by molar-refractivity contribution is -0.123. The van der Waals surface area contributed by atoms with Gasteiger partial charge in [0, 0.05) is 51.4 Å². The van der Waals surface area contributed by atoms with Gasteiger partial charge in [0.25, 0.3) is 11.5 Å². The van der Waals surface area contributed by atoms with Crippen LogP contribution in [0.5, 0.6) is 0 Å². The number of aromatic nitrogens is 1. The number of pyridine rings is 1. The van der Waals surface area contributed by atoms with E-state index in [1.165, 1.54) is 16.3 Å². The lowest BCUT2D eigenvalue weighted by Crippen LogP contribution is -2.49. The summed E-state index contributed by atoms with van der Waals surface area (Å²) < 4.78 is 2.03. The third-order valence-corrected chi connectivity index (χ3v) is 7.52. The zero-order valence-electron chi connectivity index (χ0n) is 18.9. The van der Waals surface area contributed by atoms with Gasteiger partial charge in [0.1, 0.15) is 21.8 Å². The Bertz CT molecular complexity index is 1050. The summed E-state index contributed by atoms with van der Waals surface area (Å²) in [6.45, 7) is 9.32. The summed E-state index contributed by atoms with van der Waals surface area (Å²) in [4.78, 5) is 32.4. The van der Waals surface area contributed by atoms with Crippen molar-refractivity contribution in [2.45, 2.75) is 33.2 Å². The third-order valence-electron chi connectivity index (χ3n) is 6.19. The van der Waals surface area contributed by atoms with Crippen LogP contribution in [0.4, 0.5) is 5.82 Å². The molecule has 172 valence electrons. The number of hydrogen-bond acceptors (Lipinski definition) is 8. The first-order chi connectivity index (χ1) is 15.2. The van der Waals surface area contributed by atoms with Crippen LogP contribution in [0, 0.1) is 18.3 Å². The fourth-order valence-electron chi connectivity index (χ4n) is 4.09. The van der Waals surface area contributed by atoms with Crippen molar-refractivity contribution in [2.75, 3.05) is 44.2 Å². The number of nitriles is 1. The smallest absolute Gasteiger partial charge is 0.270 e. The van der Waals surface area contributed by atoms with Crippen molar-refractivity contribution in [1.29, 1.82) is 5.26 Å². The van der Waals surface area contributed by atoms with Gasteiger partial charge in [0.05, 0.1) is 11.5 Å². The average Bonchev–Trinajstić information content (AvgIpc) is 3.06. The van der Waals surface area contributed by atoms with Gasteiger partial charge < -0.3 is 10.0 Å². The van der Waals surface area contributed by atoms with Crippen LogP contribution < -0.4 is 10.5 Å². The predicted molar refractivity (Wildman–Crippen MR) is 132 cm³/mol. The minimum atomic E-state index is -0.345. The molecule has 8 nitrogen and oxygen atoms in total. The molecule has 0 aliphatic carbocycles. The van der Waals surface area contributed by atoms with Gasteiger partial charge in [-0.2, -0.15) is 5.26 Å². The Morgan fingerprint density at radius 1 is 1.28 bits per heavy atom. The molecule has 3 rings (SSSR count). The summed E-state index contributed by atoms with van der Waals surface area (Å²) in [5, 5.41) is 18.8. The molecule has 1 N–H and O–H groups in total. The van der Waals surface area contributed by atoms with Crippen molar-refractivity contribution in [3.05, 3.63) is 31.9 Å². The molecule has 2 saturated heterocycles. The molecule has 0 radical (unpaired) electrons. The van der Waals surface area contributed by atoms with E-state index in [1.807, 2.05) is 19.9 Å². The van der Waals surface area contributed by atoms with Crippen LogP contribution in [-0.4, -0.2) is 75.1 Å². The second-order valence-electron chi connectivity index (χ2n) is 8.07. The standard InChI is InChI=1S/C22H29N5O3S2/c1-5-14(2)27-21(30)18(32-22(27)31)12-16-15(3)17(13-23)20(29)24(4)19(16)26-8-6-25(7-9-26)10-11-28/h12,14,28H,5-11H2,1-4H3. The molecule has 1 atom stereocenters. The van der Waals surface area contributed by atoms with Crippen molar-refractivity contribution < 1.29 is 9.90 Å². The second kappa shape index (κ2) is 10.2. The number of carbonyl (C=O) groups is 1. The molecular weight excluding hydrogens is 446 g/mol. The van der Waals surface area contributed by atoms with Crippen LogP contribution in [0.1, 0.15) is 37.0 Å². The SMILES string of the molecule is CCC(C)N1C(=O)C(=Cc2c(C)c(C#N)c(=O)n(C)c2N2CCN(CCO)CC2)SC1=S. The normalized spacial score (nSPS) is 19.7. The number of amides is 1. The number of rotatable bonds is 6. The molecule has 1 amide bonds. The molecule has 2 aliphatic rings. The summed E-state index contributed by atoms with van der Waals surface area (Å²) in [7, 11) is 1.67. The largest absolute Gasteiger partial charge is 0.395 e.